The van der Waals surface area contributed by atoms with Crippen LogP contribution in [0.3, 0.4) is 0 Å². The molecule has 4 atom stereocenters. The Morgan fingerprint density at radius 3 is 2.72 bits per heavy atom. The first kappa shape index (κ1) is 17.5. The highest BCUT2D eigenvalue weighted by Crippen LogP contribution is 2.48. The number of fused-ring (bicyclic) bond motifs is 1. The molecule has 0 spiro atoms. The molecule has 3 aromatic rings. The van der Waals surface area contributed by atoms with Gasteiger partial charge in [-0.15, -0.1) is 5.26 Å². The van der Waals surface area contributed by atoms with Gasteiger partial charge in [0.2, 0.25) is 0 Å². The molecule has 0 aliphatic carbocycles. The number of nitriles is 1. The maximum atomic E-state index is 12.7. The average molecular weight is 386 g/mol. The van der Waals surface area contributed by atoms with E-state index in [0.717, 1.165) is 17.9 Å². The monoisotopic (exact) mass is 386 g/mol. The lowest BCUT2D eigenvalue weighted by molar-refractivity contribution is -0.813. The second-order valence-electron chi connectivity index (χ2n) is 7.60. The van der Waals surface area contributed by atoms with Gasteiger partial charge in [0.25, 0.3) is 5.91 Å². The van der Waals surface area contributed by atoms with Crippen molar-refractivity contribution in [2.24, 2.45) is 0 Å². The first-order valence-electron chi connectivity index (χ1n) is 9.60. The molecule has 7 heteroatoms. The molecular weight excluding hydrogens is 366 g/mol. The van der Waals surface area contributed by atoms with Gasteiger partial charge in [-0.25, -0.2) is 4.48 Å². The van der Waals surface area contributed by atoms with Gasteiger partial charge in [-0.05, 0) is 37.3 Å². The molecule has 5 rings (SSSR count). The van der Waals surface area contributed by atoms with Crippen LogP contribution in [0.4, 0.5) is 0 Å². The fourth-order valence-electron chi connectivity index (χ4n) is 4.25. The van der Waals surface area contributed by atoms with Crippen molar-refractivity contribution < 1.29 is 14.0 Å². The van der Waals surface area contributed by atoms with Crippen molar-refractivity contribution in [1.82, 2.24) is 15.5 Å². The summed E-state index contributed by atoms with van der Waals surface area (Å²) in [6.07, 6.45) is 2.35. The quantitative estimate of drug-likeness (QED) is 0.401. The molecule has 2 saturated heterocycles. The van der Waals surface area contributed by atoms with E-state index in [1.165, 1.54) is 0 Å². The fraction of sp³-hybridized carbons (Fsp3) is 0.227. The van der Waals surface area contributed by atoms with Crippen LogP contribution in [0.25, 0.3) is 11.3 Å². The van der Waals surface area contributed by atoms with Crippen LogP contribution in [-0.4, -0.2) is 45.3 Å². The van der Waals surface area contributed by atoms with Crippen molar-refractivity contribution in [3.05, 3.63) is 66.4 Å². The molecule has 7 nitrogen and oxygen atoms in total. The van der Waals surface area contributed by atoms with E-state index in [1.807, 2.05) is 61.5 Å². The fourth-order valence-corrected chi connectivity index (χ4v) is 4.25. The van der Waals surface area contributed by atoms with E-state index in [9.17, 15) is 10.1 Å². The highest BCUT2D eigenvalue weighted by atomic mass is 16.5. The Hall–Kier alpha value is -3.63. The molecule has 29 heavy (non-hydrogen) atoms. The van der Waals surface area contributed by atoms with Crippen LogP contribution >= 0.6 is 0 Å². The summed E-state index contributed by atoms with van der Waals surface area (Å²) in [4.78, 5) is 12.7. The number of benzene rings is 2. The van der Waals surface area contributed by atoms with Crippen molar-refractivity contribution in [3.8, 4) is 28.9 Å². The van der Waals surface area contributed by atoms with E-state index < -0.39 is 0 Å². The number of ether oxygens (including phenoxy) is 1. The number of hydrogen-bond donors (Lipinski definition) is 2. The number of para-hydroxylation sites is 2. The number of aromatic nitrogens is 2. The number of aromatic amines is 1. The Bertz CT molecular complexity index is 1120. The molecule has 2 aliphatic heterocycles. The van der Waals surface area contributed by atoms with E-state index >= 15 is 0 Å². The number of carbonyl (C=O) groups is 1. The van der Waals surface area contributed by atoms with Crippen molar-refractivity contribution in [1.29, 1.82) is 5.26 Å². The average Bonchev–Trinajstić information content (AvgIpc) is 3.18. The van der Waals surface area contributed by atoms with Gasteiger partial charge >= 0.3 is 6.19 Å². The maximum Gasteiger partial charge on any atom is 0.309 e. The SMILES string of the molecule is C[C@@H]1[C@@H](NC(=O)c2cc(-c3ccccc3Oc3ccccc3)n[nH]2)[C@H]2C[N+]12C#N. The lowest BCUT2D eigenvalue weighted by Gasteiger charge is -2.35. The molecular formula is C22H20N5O2+. The minimum atomic E-state index is -0.204. The van der Waals surface area contributed by atoms with Crippen molar-refractivity contribution >= 4 is 5.91 Å². The minimum Gasteiger partial charge on any atom is -0.457 e. The van der Waals surface area contributed by atoms with Crippen LogP contribution < -0.4 is 10.1 Å². The summed E-state index contributed by atoms with van der Waals surface area (Å²) >= 11 is 0. The van der Waals surface area contributed by atoms with Crippen LogP contribution in [0.1, 0.15) is 17.4 Å². The van der Waals surface area contributed by atoms with Gasteiger partial charge in [0.1, 0.15) is 35.8 Å². The molecule has 2 aliphatic rings. The van der Waals surface area contributed by atoms with Gasteiger partial charge in [-0.1, -0.05) is 30.3 Å². The Morgan fingerprint density at radius 2 is 2.00 bits per heavy atom. The summed E-state index contributed by atoms with van der Waals surface area (Å²) in [5.41, 5.74) is 1.83. The Morgan fingerprint density at radius 1 is 1.24 bits per heavy atom. The number of H-pyrrole nitrogens is 1. The summed E-state index contributed by atoms with van der Waals surface area (Å²) in [6, 6.07) is 19.2. The normalized spacial score (nSPS) is 26.6. The number of rotatable bonds is 5. The molecule has 1 unspecified atom stereocenters. The first-order valence-corrected chi connectivity index (χ1v) is 9.60. The number of hydrogen-bond acceptors (Lipinski definition) is 4. The van der Waals surface area contributed by atoms with E-state index in [4.69, 9.17) is 4.74 Å². The zero-order chi connectivity index (χ0) is 20.0. The van der Waals surface area contributed by atoms with Gasteiger partial charge in [-0.3, -0.25) is 9.89 Å². The molecule has 0 saturated carbocycles. The largest absolute Gasteiger partial charge is 0.457 e. The van der Waals surface area contributed by atoms with Gasteiger partial charge in [0, 0.05) is 5.56 Å². The number of nitrogens with one attached hydrogen (secondary N) is 2. The summed E-state index contributed by atoms with van der Waals surface area (Å²) in [7, 11) is 0. The molecule has 1 aromatic heterocycles. The molecule has 3 heterocycles. The third-order valence-corrected chi connectivity index (χ3v) is 6.05. The summed E-state index contributed by atoms with van der Waals surface area (Å²) < 4.78 is 6.46. The number of nitrogens with zero attached hydrogens (tertiary/aromatic N) is 3. The standard InChI is InChI=1S/C22H19N5O2/c1-14-21(19-12-27(14,19)13-23)24-22(28)18-11-17(25-26-18)16-9-5-6-10-20(16)29-15-7-3-2-4-8-15/h2-11,14,19,21H,12H2,1H3,(H-,24,25,26,28)/p+1/t14-,19-,21-,27?/m1/s1. The molecule has 2 aromatic carbocycles. The van der Waals surface area contributed by atoms with Crippen LogP contribution in [0.5, 0.6) is 11.5 Å². The van der Waals surface area contributed by atoms with Crippen molar-refractivity contribution in [2.45, 2.75) is 25.0 Å². The second kappa shape index (κ2) is 6.47. The third kappa shape index (κ3) is 2.77. The molecule has 0 radical (unpaired) electrons. The molecule has 2 fully saturated rings. The van der Waals surface area contributed by atoms with Crippen LogP contribution in [0, 0.1) is 11.5 Å². The van der Waals surface area contributed by atoms with Crippen molar-refractivity contribution in [2.75, 3.05) is 6.54 Å². The van der Waals surface area contributed by atoms with E-state index in [1.54, 1.807) is 6.07 Å². The maximum absolute atomic E-state index is 12.7. The van der Waals surface area contributed by atoms with Gasteiger partial charge in [0.15, 0.2) is 6.04 Å². The smallest absolute Gasteiger partial charge is 0.309 e. The predicted molar refractivity (Wildman–Crippen MR) is 106 cm³/mol. The second-order valence-corrected chi connectivity index (χ2v) is 7.60. The Labute approximate surface area is 168 Å². The lowest BCUT2D eigenvalue weighted by atomic mass is 9.98. The predicted octanol–water partition coefficient (Wildman–Crippen LogP) is 3.05. The minimum absolute atomic E-state index is 0.0302. The summed E-state index contributed by atoms with van der Waals surface area (Å²) in [5.74, 6) is 1.19. The Balaban J connectivity index is 1.33. The molecule has 0 bridgehead atoms. The van der Waals surface area contributed by atoms with Crippen LogP contribution in [0.2, 0.25) is 0 Å². The first-order chi connectivity index (χ1) is 14.1. The van der Waals surface area contributed by atoms with E-state index in [0.29, 0.717) is 21.6 Å². The number of carbonyl (C=O) groups excluding carboxylic acids is 1. The number of quaternary nitrogens is 1. The van der Waals surface area contributed by atoms with E-state index in [2.05, 4.69) is 21.7 Å². The molecule has 144 valence electrons. The van der Waals surface area contributed by atoms with Crippen molar-refractivity contribution in [3.63, 3.8) is 0 Å². The van der Waals surface area contributed by atoms with E-state index in [-0.39, 0.29) is 24.0 Å². The van der Waals surface area contributed by atoms with Crippen LogP contribution in [0.15, 0.2) is 60.7 Å². The van der Waals surface area contributed by atoms with Gasteiger partial charge in [-0.2, -0.15) is 5.10 Å². The topological polar surface area (TPSA) is 90.8 Å². The zero-order valence-electron chi connectivity index (χ0n) is 15.9. The summed E-state index contributed by atoms with van der Waals surface area (Å²) in [6.45, 7) is 2.83. The van der Waals surface area contributed by atoms with Gasteiger partial charge < -0.3 is 10.1 Å². The molecule has 1 amide bonds. The lowest BCUT2D eigenvalue weighted by Crippen LogP contribution is -2.64. The van der Waals surface area contributed by atoms with Crippen LogP contribution in [-0.2, 0) is 0 Å². The van der Waals surface area contributed by atoms with Gasteiger partial charge in [0.05, 0.1) is 5.69 Å². The number of amides is 1. The highest BCUT2D eigenvalue weighted by molar-refractivity contribution is 5.94. The summed E-state index contributed by atoms with van der Waals surface area (Å²) in [5, 5.41) is 19.5. The highest BCUT2D eigenvalue weighted by Gasteiger charge is 2.77. The molecule has 2 N–H and O–H groups in total. The third-order valence-electron chi connectivity index (χ3n) is 6.05. The Kier molecular flexibility index (Phi) is 3.89. The zero-order valence-corrected chi connectivity index (χ0v) is 15.9.